The van der Waals surface area contributed by atoms with Crippen molar-refractivity contribution in [3.8, 4) is 0 Å². The summed E-state index contributed by atoms with van der Waals surface area (Å²) in [5, 5.41) is 4.26. The van der Waals surface area contributed by atoms with E-state index in [0.29, 0.717) is 12.0 Å². The molecular formula is C19H22N4O2. The number of likely N-dealkylation sites (tertiary alicyclic amines) is 1. The summed E-state index contributed by atoms with van der Waals surface area (Å²) in [6.07, 6.45) is 7.18. The van der Waals surface area contributed by atoms with E-state index in [2.05, 4.69) is 5.10 Å². The lowest BCUT2D eigenvalue weighted by molar-refractivity contribution is -0.117. The molecule has 1 aromatic carbocycles. The van der Waals surface area contributed by atoms with Crippen LogP contribution in [0.5, 0.6) is 0 Å². The molecule has 0 N–H and O–H groups in total. The normalized spacial score (nSPS) is 20.5. The van der Waals surface area contributed by atoms with Gasteiger partial charge in [0.05, 0.1) is 12.6 Å². The first-order valence-corrected chi connectivity index (χ1v) is 8.91. The lowest BCUT2D eigenvalue weighted by Gasteiger charge is -2.25. The molecule has 2 aliphatic rings. The number of benzene rings is 1. The van der Waals surface area contributed by atoms with Crippen LogP contribution < -0.4 is 4.90 Å². The Balaban J connectivity index is 1.52. The first-order chi connectivity index (χ1) is 12.2. The largest absolute Gasteiger partial charge is 0.334 e. The topological polar surface area (TPSA) is 58.4 Å². The minimum atomic E-state index is 0.0446. The minimum Gasteiger partial charge on any atom is -0.334 e. The van der Waals surface area contributed by atoms with Crippen molar-refractivity contribution < 1.29 is 9.59 Å². The second kappa shape index (κ2) is 6.70. The SMILES string of the molecule is O=C1CCCN1c1cccc(C(=O)N2CCC[C@H]2Cn2cccn2)c1. The van der Waals surface area contributed by atoms with E-state index < -0.39 is 0 Å². The van der Waals surface area contributed by atoms with Gasteiger partial charge in [-0.3, -0.25) is 14.3 Å². The van der Waals surface area contributed by atoms with Gasteiger partial charge in [-0.1, -0.05) is 6.07 Å². The number of rotatable bonds is 4. The second-order valence-corrected chi connectivity index (χ2v) is 6.72. The fourth-order valence-electron chi connectivity index (χ4n) is 3.81. The molecule has 0 radical (unpaired) electrons. The van der Waals surface area contributed by atoms with Gasteiger partial charge in [0.1, 0.15) is 0 Å². The van der Waals surface area contributed by atoms with Crippen LogP contribution in [0.4, 0.5) is 5.69 Å². The molecule has 2 saturated heterocycles. The van der Waals surface area contributed by atoms with Gasteiger partial charge in [0.15, 0.2) is 0 Å². The Bertz CT molecular complexity index is 771. The Morgan fingerprint density at radius 1 is 1.20 bits per heavy atom. The Morgan fingerprint density at radius 2 is 2.12 bits per heavy atom. The van der Waals surface area contributed by atoms with Crippen LogP contribution in [0.25, 0.3) is 0 Å². The van der Waals surface area contributed by atoms with E-state index >= 15 is 0 Å². The highest BCUT2D eigenvalue weighted by atomic mass is 16.2. The van der Waals surface area contributed by atoms with Gasteiger partial charge in [-0.2, -0.15) is 5.10 Å². The molecule has 1 aromatic heterocycles. The van der Waals surface area contributed by atoms with Crippen molar-refractivity contribution in [2.45, 2.75) is 38.3 Å². The molecule has 0 bridgehead atoms. The molecule has 4 rings (SSSR count). The van der Waals surface area contributed by atoms with Crippen molar-refractivity contribution in [2.75, 3.05) is 18.0 Å². The van der Waals surface area contributed by atoms with Crippen molar-refractivity contribution in [3.05, 3.63) is 48.3 Å². The van der Waals surface area contributed by atoms with Gasteiger partial charge in [0, 0.05) is 43.2 Å². The molecule has 2 aliphatic heterocycles. The van der Waals surface area contributed by atoms with Gasteiger partial charge >= 0.3 is 0 Å². The lowest BCUT2D eigenvalue weighted by Crippen LogP contribution is -2.38. The summed E-state index contributed by atoms with van der Waals surface area (Å²) >= 11 is 0. The number of nitrogens with zero attached hydrogens (tertiary/aromatic N) is 4. The summed E-state index contributed by atoms with van der Waals surface area (Å²) in [7, 11) is 0. The highest BCUT2D eigenvalue weighted by Gasteiger charge is 2.30. The van der Waals surface area contributed by atoms with E-state index in [1.54, 1.807) is 11.1 Å². The Hall–Kier alpha value is -2.63. The smallest absolute Gasteiger partial charge is 0.254 e. The third kappa shape index (κ3) is 3.16. The zero-order valence-corrected chi connectivity index (χ0v) is 14.2. The minimum absolute atomic E-state index is 0.0446. The third-order valence-corrected chi connectivity index (χ3v) is 5.07. The van der Waals surface area contributed by atoms with Gasteiger partial charge < -0.3 is 9.80 Å². The average molecular weight is 338 g/mol. The van der Waals surface area contributed by atoms with Gasteiger partial charge in [-0.25, -0.2) is 0 Å². The number of carbonyl (C=O) groups excluding carboxylic acids is 2. The molecule has 1 atom stereocenters. The summed E-state index contributed by atoms with van der Waals surface area (Å²) in [4.78, 5) is 28.7. The molecule has 0 unspecified atom stereocenters. The van der Waals surface area contributed by atoms with E-state index in [0.717, 1.165) is 44.6 Å². The second-order valence-electron chi connectivity index (χ2n) is 6.72. The number of carbonyl (C=O) groups is 2. The molecule has 0 spiro atoms. The summed E-state index contributed by atoms with van der Waals surface area (Å²) in [5.41, 5.74) is 1.49. The molecule has 25 heavy (non-hydrogen) atoms. The van der Waals surface area contributed by atoms with E-state index in [4.69, 9.17) is 0 Å². The van der Waals surface area contributed by atoms with E-state index in [1.165, 1.54) is 0 Å². The van der Waals surface area contributed by atoms with Gasteiger partial charge in [-0.05, 0) is 43.5 Å². The van der Waals surface area contributed by atoms with Crippen LogP contribution in [0.2, 0.25) is 0 Å². The summed E-state index contributed by atoms with van der Waals surface area (Å²) in [6, 6.07) is 9.55. The number of anilines is 1. The zero-order chi connectivity index (χ0) is 17.2. The Morgan fingerprint density at radius 3 is 2.88 bits per heavy atom. The Labute approximate surface area is 147 Å². The first-order valence-electron chi connectivity index (χ1n) is 8.91. The highest BCUT2D eigenvalue weighted by molar-refractivity contribution is 5.99. The number of amides is 2. The van der Waals surface area contributed by atoms with Crippen LogP contribution in [0.1, 0.15) is 36.0 Å². The predicted octanol–water partition coefficient (Wildman–Crippen LogP) is 2.31. The van der Waals surface area contributed by atoms with E-state index in [1.807, 2.05) is 46.1 Å². The molecule has 6 heteroatoms. The summed E-state index contributed by atoms with van der Waals surface area (Å²) < 4.78 is 1.88. The monoisotopic (exact) mass is 338 g/mol. The predicted molar refractivity (Wildman–Crippen MR) is 94.3 cm³/mol. The number of aromatic nitrogens is 2. The molecule has 0 saturated carbocycles. The maximum absolute atomic E-state index is 13.0. The molecule has 2 fully saturated rings. The fraction of sp³-hybridized carbons (Fsp3) is 0.421. The third-order valence-electron chi connectivity index (χ3n) is 5.07. The molecule has 130 valence electrons. The maximum Gasteiger partial charge on any atom is 0.254 e. The highest BCUT2D eigenvalue weighted by Crippen LogP contribution is 2.25. The Kier molecular flexibility index (Phi) is 4.26. The number of hydrogen-bond donors (Lipinski definition) is 0. The average Bonchev–Trinajstić information content (AvgIpc) is 3.37. The quantitative estimate of drug-likeness (QED) is 0.859. The van der Waals surface area contributed by atoms with Crippen LogP contribution in [-0.4, -0.2) is 45.6 Å². The van der Waals surface area contributed by atoms with Crippen molar-refractivity contribution in [1.82, 2.24) is 14.7 Å². The first kappa shape index (κ1) is 15.9. The van der Waals surface area contributed by atoms with Crippen molar-refractivity contribution in [1.29, 1.82) is 0 Å². The standard InChI is InChI=1S/C19H22N4O2/c24-18-8-3-11-22(18)16-6-1-5-15(13-16)19(25)23-12-2-7-17(23)14-21-10-4-9-20-21/h1,4-6,9-10,13,17H,2-3,7-8,11-12,14H2/t17-/m0/s1. The van der Waals surface area contributed by atoms with Gasteiger partial charge in [0.25, 0.3) is 5.91 Å². The molecule has 2 aromatic rings. The van der Waals surface area contributed by atoms with Gasteiger partial charge in [0.2, 0.25) is 5.91 Å². The fourth-order valence-corrected chi connectivity index (χ4v) is 3.81. The van der Waals surface area contributed by atoms with Crippen LogP contribution in [-0.2, 0) is 11.3 Å². The number of hydrogen-bond acceptors (Lipinski definition) is 3. The maximum atomic E-state index is 13.0. The zero-order valence-electron chi connectivity index (χ0n) is 14.2. The molecule has 0 aliphatic carbocycles. The van der Waals surface area contributed by atoms with Gasteiger partial charge in [-0.15, -0.1) is 0 Å². The van der Waals surface area contributed by atoms with Crippen LogP contribution in [0.15, 0.2) is 42.7 Å². The van der Waals surface area contributed by atoms with Crippen LogP contribution >= 0.6 is 0 Å². The lowest BCUT2D eigenvalue weighted by atomic mass is 10.1. The summed E-state index contributed by atoms with van der Waals surface area (Å²) in [6.45, 7) is 2.24. The van der Waals surface area contributed by atoms with Crippen molar-refractivity contribution in [3.63, 3.8) is 0 Å². The summed E-state index contributed by atoms with van der Waals surface area (Å²) in [5.74, 6) is 0.186. The van der Waals surface area contributed by atoms with Crippen molar-refractivity contribution in [2.24, 2.45) is 0 Å². The van der Waals surface area contributed by atoms with E-state index in [-0.39, 0.29) is 17.9 Å². The molecule has 6 nitrogen and oxygen atoms in total. The van der Waals surface area contributed by atoms with Crippen LogP contribution in [0.3, 0.4) is 0 Å². The van der Waals surface area contributed by atoms with Crippen LogP contribution in [0, 0.1) is 0 Å². The molecule has 2 amide bonds. The molecular weight excluding hydrogens is 316 g/mol. The van der Waals surface area contributed by atoms with Crippen molar-refractivity contribution >= 4 is 17.5 Å². The molecule has 3 heterocycles. The van der Waals surface area contributed by atoms with E-state index in [9.17, 15) is 9.59 Å².